The number of oxazole rings is 2. The van der Waals surface area contributed by atoms with Crippen molar-refractivity contribution in [2.75, 3.05) is 0 Å². The lowest BCUT2D eigenvalue weighted by Gasteiger charge is -1.93. The zero-order chi connectivity index (χ0) is 14.1. The number of thioether (sulfide) groups is 1. The molecule has 5 heteroatoms. The molecule has 0 aliphatic rings. The molecular weight excluding hydrogens is 284 g/mol. The van der Waals surface area contributed by atoms with Crippen LogP contribution in [-0.4, -0.2) is 9.97 Å². The third-order valence-electron chi connectivity index (χ3n) is 3.13. The average molecular weight is 296 g/mol. The Balaban J connectivity index is 1.44. The van der Waals surface area contributed by atoms with Crippen LogP contribution in [-0.2, 0) is 11.5 Å². The van der Waals surface area contributed by atoms with E-state index in [-0.39, 0.29) is 0 Å². The second-order valence-corrected chi connectivity index (χ2v) is 5.63. The zero-order valence-corrected chi connectivity index (χ0v) is 12.0. The fraction of sp³-hybridized carbons (Fsp3) is 0.125. The van der Waals surface area contributed by atoms with E-state index in [1.54, 1.807) is 11.8 Å². The normalized spacial score (nSPS) is 11.4. The lowest BCUT2D eigenvalue weighted by Crippen LogP contribution is -1.83. The molecule has 0 amide bonds. The monoisotopic (exact) mass is 296 g/mol. The molecule has 0 unspecified atom stereocenters. The van der Waals surface area contributed by atoms with Gasteiger partial charge < -0.3 is 8.83 Å². The molecule has 0 fully saturated rings. The lowest BCUT2D eigenvalue weighted by molar-refractivity contribution is 0.551. The highest BCUT2D eigenvalue weighted by Crippen LogP contribution is 2.23. The summed E-state index contributed by atoms with van der Waals surface area (Å²) in [5.41, 5.74) is 3.45. The van der Waals surface area contributed by atoms with Crippen molar-refractivity contribution in [3.8, 4) is 0 Å². The number of benzene rings is 2. The fourth-order valence-corrected chi connectivity index (χ4v) is 2.89. The number of aromatic nitrogens is 2. The summed E-state index contributed by atoms with van der Waals surface area (Å²) in [6.45, 7) is 0. The first kappa shape index (κ1) is 12.5. The topological polar surface area (TPSA) is 52.1 Å². The minimum atomic E-state index is 0.702. The molecule has 4 rings (SSSR count). The highest BCUT2D eigenvalue weighted by molar-refractivity contribution is 7.97. The highest BCUT2D eigenvalue weighted by atomic mass is 32.2. The van der Waals surface area contributed by atoms with Crippen molar-refractivity contribution in [2.45, 2.75) is 11.5 Å². The molecule has 0 saturated heterocycles. The maximum absolute atomic E-state index is 5.68. The molecule has 0 N–H and O–H groups in total. The molecule has 2 aromatic heterocycles. The SMILES string of the molecule is c1ccc2oc(CSCc3nc4ccccc4o3)nc2c1. The second kappa shape index (κ2) is 5.26. The molecule has 0 radical (unpaired) electrons. The van der Waals surface area contributed by atoms with Gasteiger partial charge in [0.1, 0.15) is 11.0 Å². The Morgan fingerprint density at radius 1 is 0.714 bits per heavy atom. The van der Waals surface area contributed by atoms with E-state index in [0.717, 1.165) is 34.0 Å². The molecule has 104 valence electrons. The molecule has 0 aliphatic heterocycles. The van der Waals surface area contributed by atoms with Gasteiger partial charge in [-0.25, -0.2) is 9.97 Å². The number of hydrogen-bond donors (Lipinski definition) is 0. The van der Waals surface area contributed by atoms with Crippen LogP contribution in [0, 0.1) is 0 Å². The number of rotatable bonds is 4. The summed E-state index contributed by atoms with van der Waals surface area (Å²) in [6, 6.07) is 15.6. The van der Waals surface area contributed by atoms with Crippen LogP contribution in [0.4, 0.5) is 0 Å². The summed E-state index contributed by atoms with van der Waals surface area (Å²) in [7, 11) is 0. The maximum atomic E-state index is 5.68. The van der Waals surface area contributed by atoms with Crippen LogP contribution in [0.3, 0.4) is 0 Å². The summed E-state index contributed by atoms with van der Waals surface area (Å²) in [4.78, 5) is 8.90. The number of hydrogen-bond acceptors (Lipinski definition) is 5. The molecule has 4 aromatic rings. The van der Waals surface area contributed by atoms with Crippen LogP contribution in [0.1, 0.15) is 11.8 Å². The fourth-order valence-electron chi connectivity index (χ4n) is 2.19. The standard InChI is InChI=1S/C16H12N2O2S/c1-3-7-13-11(5-1)17-15(19-13)9-21-10-16-18-12-6-2-4-8-14(12)20-16/h1-8H,9-10H2. The molecule has 4 nitrogen and oxygen atoms in total. The lowest BCUT2D eigenvalue weighted by atomic mass is 10.3. The Bertz CT molecular complexity index is 757. The Labute approximate surface area is 125 Å². The third kappa shape index (κ3) is 2.52. The van der Waals surface area contributed by atoms with Gasteiger partial charge in [-0.05, 0) is 24.3 Å². The van der Waals surface area contributed by atoms with E-state index in [4.69, 9.17) is 8.83 Å². The van der Waals surface area contributed by atoms with Gasteiger partial charge in [0.05, 0.1) is 11.5 Å². The van der Waals surface area contributed by atoms with E-state index in [1.165, 1.54) is 0 Å². The van der Waals surface area contributed by atoms with Gasteiger partial charge >= 0.3 is 0 Å². The number of nitrogens with zero attached hydrogens (tertiary/aromatic N) is 2. The van der Waals surface area contributed by atoms with E-state index in [9.17, 15) is 0 Å². The van der Waals surface area contributed by atoms with Crippen LogP contribution in [0.25, 0.3) is 22.2 Å². The molecule has 2 aromatic carbocycles. The summed E-state index contributed by atoms with van der Waals surface area (Å²) >= 11 is 1.68. The van der Waals surface area contributed by atoms with Crippen LogP contribution in [0.2, 0.25) is 0 Å². The van der Waals surface area contributed by atoms with Crippen LogP contribution >= 0.6 is 11.8 Å². The maximum Gasteiger partial charge on any atom is 0.205 e. The van der Waals surface area contributed by atoms with Crippen molar-refractivity contribution in [1.29, 1.82) is 0 Å². The predicted octanol–water partition coefficient (Wildman–Crippen LogP) is 4.40. The van der Waals surface area contributed by atoms with Gasteiger partial charge in [-0.1, -0.05) is 24.3 Å². The Kier molecular flexibility index (Phi) is 3.12. The summed E-state index contributed by atoms with van der Waals surface area (Å²) in [5.74, 6) is 2.87. The summed E-state index contributed by atoms with van der Waals surface area (Å²) in [5, 5.41) is 0. The van der Waals surface area contributed by atoms with E-state index >= 15 is 0 Å². The van der Waals surface area contributed by atoms with Crippen molar-refractivity contribution in [3.05, 3.63) is 60.3 Å². The molecule has 0 saturated carbocycles. The van der Waals surface area contributed by atoms with Crippen molar-refractivity contribution in [3.63, 3.8) is 0 Å². The first-order valence-electron chi connectivity index (χ1n) is 6.65. The first-order valence-corrected chi connectivity index (χ1v) is 7.80. The Morgan fingerprint density at radius 2 is 1.19 bits per heavy atom. The largest absolute Gasteiger partial charge is 0.440 e. The molecular formula is C16H12N2O2S. The average Bonchev–Trinajstić information content (AvgIpc) is 3.09. The molecule has 2 heterocycles. The van der Waals surface area contributed by atoms with Crippen LogP contribution in [0.15, 0.2) is 57.4 Å². The molecule has 0 atom stereocenters. The zero-order valence-electron chi connectivity index (χ0n) is 11.2. The van der Waals surface area contributed by atoms with Crippen molar-refractivity contribution < 1.29 is 8.83 Å². The van der Waals surface area contributed by atoms with Gasteiger partial charge in [0.25, 0.3) is 0 Å². The molecule has 0 aliphatic carbocycles. The van der Waals surface area contributed by atoms with E-state index in [0.29, 0.717) is 11.5 Å². The van der Waals surface area contributed by atoms with Gasteiger partial charge in [-0.2, -0.15) is 0 Å². The number of fused-ring (bicyclic) bond motifs is 2. The molecule has 21 heavy (non-hydrogen) atoms. The predicted molar refractivity (Wildman–Crippen MR) is 83.0 cm³/mol. The van der Waals surface area contributed by atoms with Gasteiger partial charge in [0, 0.05) is 0 Å². The van der Waals surface area contributed by atoms with Gasteiger partial charge in [-0.15, -0.1) is 11.8 Å². The number of para-hydroxylation sites is 4. The van der Waals surface area contributed by atoms with E-state index < -0.39 is 0 Å². The van der Waals surface area contributed by atoms with E-state index in [2.05, 4.69) is 9.97 Å². The summed E-state index contributed by atoms with van der Waals surface area (Å²) in [6.07, 6.45) is 0. The Hall–Kier alpha value is -2.27. The Morgan fingerprint density at radius 3 is 1.67 bits per heavy atom. The van der Waals surface area contributed by atoms with Gasteiger partial charge in [0.15, 0.2) is 11.2 Å². The van der Waals surface area contributed by atoms with Gasteiger partial charge in [-0.3, -0.25) is 0 Å². The third-order valence-corrected chi connectivity index (χ3v) is 4.03. The quantitative estimate of drug-likeness (QED) is 0.558. The molecule has 0 bridgehead atoms. The van der Waals surface area contributed by atoms with Crippen molar-refractivity contribution in [2.24, 2.45) is 0 Å². The van der Waals surface area contributed by atoms with Crippen LogP contribution < -0.4 is 0 Å². The highest BCUT2D eigenvalue weighted by Gasteiger charge is 2.08. The second-order valence-electron chi connectivity index (χ2n) is 4.64. The van der Waals surface area contributed by atoms with Crippen LogP contribution in [0.5, 0.6) is 0 Å². The minimum Gasteiger partial charge on any atom is -0.440 e. The minimum absolute atomic E-state index is 0.702. The van der Waals surface area contributed by atoms with Crippen molar-refractivity contribution in [1.82, 2.24) is 9.97 Å². The molecule has 0 spiro atoms. The summed E-state index contributed by atoms with van der Waals surface area (Å²) < 4.78 is 11.4. The van der Waals surface area contributed by atoms with Crippen molar-refractivity contribution >= 4 is 34.0 Å². The van der Waals surface area contributed by atoms with Gasteiger partial charge in [0.2, 0.25) is 11.8 Å². The smallest absolute Gasteiger partial charge is 0.205 e. The first-order chi connectivity index (χ1) is 10.4. The van der Waals surface area contributed by atoms with E-state index in [1.807, 2.05) is 48.5 Å².